The average molecular weight is 381 g/mol. The average Bonchev–Trinajstić information content (AvgIpc) is 2.73. The van der Waals surface area contributed by atoms with Gasteiger partial charge in [-0.3, -0.25) is 0 Å². The number of benzene rings is 1. The third-order valence-electron chi connectivity index (χ3n) is 4.98. The number of aromatic nitrogens is 2. The molecule has 28 heavy (non-hydrogen) atoms. The fraction of sp³-hybridized carbons (Fsp3) is 0.500. The van der Waals surface area contributed by atoms with Crippen LogP contribution in [0, 0.1) is 0 Å². The molecule has 2 aromatic heterocycles. The first-order valence-corrected chi connectivity index (χ1v) is 10.8. The van der Waals surface area contributed by atoms with Crippen molar-refractivity contribution in [2.45, 2.75) is 65.2 Å². The summed E-state index contributed by atoms with van der Waals surface area (Å²) in [6.45, 7) is 5.88. The lowest BCUT2D eigenvalue weighted by molar-refractivity contribution is 0.294. The monoisotopic (exact) mass is 380 g/mol. The molecular formula is C24H32N2O2. The molecule has 3 rings (SSSR count). The fourth-order valence-electron chi connectivity index (χ4n) is 3.35. The van der Waals surface area contributed by atoms with Crippen molar-refractivity contribution < 1.29 is 9.47 Å². The van der Waals surface area contributed by atoms with E-state index < -0.39 is 0 Å². The minimum Gasteiger partial charge on any atom is -0.478 e. The first kappa shape index (κ1) is 20.4. The third-order valence-corrected chi connectivity index (χ3v) is 4.98. The Morgan fingerprint density at radius 3 is 1.57 bits per heavy atom. The maximum absolute atomic E-state index is 5.84. The molecule has 0 spiro atoms. The molecule has 0 unspecified atom stereocenters. The Labute approximate surface area is 168 Å². The summed E-state index contributed by atoms with van der Waals surface area (Å²) >= 11 is 0. The van der Waals surface area contributed by atoms with Gasteiger partial charge in [-0.05, 0) is 37.1 Å². The van der Waals surface area contributed by atoms with Gasteiger partial charge in [0.05, 0.1) is 24.2 Å². The van der Waals surface area contributed by atoms with Crippen molar-refractivity contribution in [1.29, 1.82) is 0 Å². The Hall–Kier alpha value is -2.36. The molecule has 0 fully saturated rings. The Bertz CT molecular complexity index is 879. The van der Waals surface area contributed by atoms with Gasteiger partial charge in [-0.25, -0.2) is 9.97 Å². The highest BCUT2D eigenvalue weighted by Gasteiger charge is 2.06. The van der Waals surface area contributed by atoms with E-state index in [-0.39, 0.29) is 0 Å². The highest BCUT2D eigenvalue weighted by atomic mass is 16.5. The van der Waals surface area contributed by atoms with Crippen molar-refractivity contribution >= 4 is 21.8 Å². The van der Waals surface area contributed by atoms with E-state index in [1.54, 1.807) is 0 Å². The molecule has 0 saturated carbocycles. The molecule has 0 aliphatic rings. The van der Waals surface area contributed by atoms with E-state index in [4.69, 9.17) is 9.47 Å². The molecule has 2 heterocycles. The van der Waals surface area contributed by atoms with Crippen LogP contribution in [0.4, 0.5) is 0 Å². The zero-order valence-corrected chi connectivity index (χ0v) is 17.2. The van der Waals surface area contributed by atoms with Gasteiger partial charge in [0.25, 0.3) is 0 Å². The number of rotatable bonds is 12. The molecule has 4 heteroatoms. The van der Waals surface area contributed by atoms with Gasteiger partial charge in [0.15, 0.2) is 0 Å². The number of unbranched alkanes of at least 4 members (excludes halogenated alkanes) is 6. The summed E-state index contributed by atoms with van der Waals surface area (Å²) in [5.41, 5.74) is 1.88. The van der Waals surface area contributed by atoms with Crippen LogP contribution in [0.25, 0.3) is 21.8 Å². The first-order valence-electron chi connectivity index (χ1n) is 10.8. The number of fused-ring (bicyclic) bond motifs is 3. The molecular weight excluding hydrogens is 348 g/mol. The topological polar surface area (TPSA) is 44.2 Å². The number of hydrogen-bond donors (Lipinski definition) is 0. The van der Waals surface area contributed by atoms with E-state index in [2.05, 4.69) is 35.9 Å². The van der Waals surface area contributed by atoms with Crippen molar-refractivity contribution in [2.24, 2.45) is 0 Å². The molecule has 0 aliphatic carbocycles. The minimum absolute atomic E-state index is 0.693. The standard InChI is InChI=1S/C24H32N2O2/c1-3-5-7-8-10-18-28-24-16-12-20-19-11-15-23(27-17-9-6-4-2)25-21(19)13-14-22(20)26-24/h11-16H,3-10,17-18H2,1-2H3. The number of nitrogens with zero attached hydrogens (tertiary/aromatic N) is 2. The molecule has 0 radical (unpaired) electrons. The van der Waals surface area contributed by atoms with Crippen LogP contribution >= 0.6 is 0 Å². The Morgan fingerprint density at radius 2 is 1.04 bits per heavy atom. The SMILES string of the molecule is CCCCCCCOc1ccc2c(ccc3nc(OCCCCC)ccc32)n1. The first-order chi connectivity index (χ1) is 13.8. The molecule has 1 aromatic carbocycles. The van der Waals surface area contributed by atoms with Crippen molar-refractivity contribution in [2.75, 3.05) is 13.2 Å². The predicted octanol–water partition coefficient (Wildman–Crippen LogP) is 6.70. The maximum atomic E-state index is 5.84. The molecule has 0 amide bonds. The quantitative estimate of drug-likeness (QED) is 0.259. The normalized spacial score (nSPS) is 11.2. The second kappa shape index (κ2) is 10.8. The molecule has 0 aliphatic heterocycles. The highest BCUT2D eigenvalue weighted by molar-refractivity contribution is 6.04. The van der Waals surface area contributed by atoms with E-state index in [1.165, 1.54) is 38.5 Å². The van der Waals surface area contributed by atoms with Gasteiger partial charge in [-0.1, -0.05) is 52.4 Å². The van der Waals surface area contributed by atoms with Gasteiger partial charge >= 0.3 is 0 Å². The van der Waals surface area contributed by atoms with Crippen molar-refractivity contribution in [3.63, 3.8) is 0 Å². The summed E-state index contributed by atoms with van der Waals surface area (Å²) < 4.78 is 11.6. The lowest BCUT2D eigenvalue weighted by Crippen LogP contribution is -2.00. The van der Waals surface area contributed by atoms with Crippen LogP contribution < -0.4 is 9.47 Å². The van der Waals surface area contributed by atoms with Crippen LogP contribution in [0.1, 0.15) is 65.2 Å². The minimum atomic E-state index is 0.693. The van der Waals surface area contributed by atoms with Gasteiger partial charge in [0.1, 0.15) is 0 Å². The van der Waals surface area contributed by atoms with E-state index >= 15 is 0 Å². The van der Waals surface area contributed by atoms with Crippen LogP contribution in [-0.2, 0) is 0 Å². The van der Waals surface area contributed by atoms with Crippen LogP contribution in [0.3, 0.4) is 0 Å². The number of ether oxygens (including phenoxy) is 2. The number of pyridine rings is 2. The van der Waals surface area contributed by atoms with Gasteiger partial charge in [0, 0.05) is 22.9 Å². The summed E-state index contributed by atoms with van der Waals surface area (Å²) in [6, 6.07) is 12.1. The Balaban J connectivity index is 1.65. The van der Waals surface area contributed by atoms with Gasteiger partial charge in [0.2, 0.25) is 11.8 Å². The van der Waals surface area contributed by atoms with Gasteiger partial charge in [-0.2, -0.15) is 0 Å². The summed E-state index contributed by atoms with van der Waals surface area (Å²) in [5, 5.41) is 2.19. The molecule has 4 nitrogen and oxygen atoms in total. The largest absolute Gasteiger partial charge is 0.478 e. The molecule has 3 aromatic rings. The fourth-order valence-corrected chi connectivity index (χ4v) is 3.35. The third kappa shape index (κ3) is 5.57. The lowest BCUT2D eigenvalue weighted by Gasteiger charge is -2.09. The zero-order chi connectivity index (χ0) is 19.6. The van der Waals surface area contributed by atoms with E-state index in [0.717, 1.165) is 47.9 Å². The summed E-state index contributed by atoms with van der Waals surface area (Å²) in [5.74, 6) is 1.39. The van der Waals surface area contributed by atoms with Gasteiger partial charge in [-0.15, -0.1) is 0 Å². The van der Waals surface area contributed by atoms with Crippen molar-refractivity contribution in [3.05, 3.63) is 36.4 Å². The summed E-state index contributed by atoms with van der Waals surface area (Å²) in [7, 11) is 0. The highest BCUT2D eigenvalue weighted by Crippen LogP contribution is 2.27. The molecule has 0 N–H and O–H groups in total. The second-order valence-electron chi connectivity index (χ2n) is 7.32. The summed E-state index contributed by atoms with van der Waals surface area (Å²) in [4.78, 5) is 9.32. The van der Waals surface area contributed by atoms with Crippen molar-refractivity contribution in [3.8, 4) is 11.8 Å². The Morgan fingerprint density at radius 1 is 0.571 bits per heavy atom. The van der Waals surface area contributed by atoms with Crippen LogP contribution in [0.15, 0.2) is 36.4 Å². The maximum Gasteiger partial charge on any atom is 0.213 e. The Kier molecular flexibility index (Phi) is 7.89. The van der Waals surface area contributed by atoms with Crippen LogP contribution in [0.2, 0.25) is 0 Å². The number of hydrogen-bond acceptors (Lipinski definition) is 4. The molecule has 0 bridgehead atoms. The van der Waals surface area contributed by atoms with Crippen molar-refractivity contribution in [1.82, 2.24) is 9.97 Å². The van der Waals surface area contributed by atoms with E-state index in [9.17, 15) is 0 Å². The van der Waals surface area contributed by atoms with Crippen LogP contribution in [-0.4, -0.2) is 23.2 Å². The zero-order valence-electron chi connectivity index (χ0n) is 17.2. The second-order valence-corrected chi connectivity index (χ2v) is 7.32. The lowest BCUT2D eigenvalue weighted by atomic mass is 10.1. The van der Waals surface area contributed by atoms with E-state index in [0.29, 0.717) is 11.8 Å². The van der Waals surface area contributed by atoms with Crippen LogP contribution in [0.5, 0.6) is 11.8 Å². The molecule has 0 atom stereocenters. The molecule has 150 valence electrons. The van der Waals surface area contributed by atoms with E-state index in [1.807, 2.05) is 24.3 Å². The smallest absolute Gasteiger partial charge is 0.213 e. The predicted molar refractivity (Wildman–Crippen MR) is 116 cm³/mol. The molecule has 0 saturated heterocycles. The summed E-state index contributed by atoms with van der Waals surface area (Å²) in [6.07, 6.45) is 9.62. The van der Waals surface area contributed by atoms with Gasteiger partial charge < -0.3 is 9.47 Å².